The van der Waals surface area contributed by atoms with Gasteiger partial charge < -0.3 is 10.2 Å². The van der Waals surface area contributed by atoms with Crippen LogP contribution in [-0.2, 0) is 6.54 Å². The van der Waals surface area contributed by atoms with Gasteiger partial charge in [0.05, 0.1) is 0 Å². The maximum atomic E-state index is 4.77. The summed E-state index contributed by atoms with van der Waals surface area (Å²) in [4.78, 5) is 7.29. The van der Waals surface area contributed by atoms with Crippen molar-refractivity contribution in [1.29, 1.82) is 0 Å². The van der Waals surface area contributed by atoms with Crippen molar-refractivity contribution in [3.63, 3.8) is 0 Å². The topological polar surface area (TPSA) is 28.2 Å². The van der Waals surface area contributed by atoms with E-state index in [9.17, 15) is 0 Å². The van der Waals surface area contributed by atoms with Crippen LogP contribution in [0.3, 0.4) is 0 Å². The van der Waals surface area contributed by atoms with Crippen molar-refractivity contribution in [2.45, 2.75) is 46.6 Å². The lowest BCUT2D eigenvalue weighted by atomic mass is 10.0. The van der Waals surface area contributed by atoms with E-state index in [0.717, 1.165) is 24.9 Å². The zero-order valence-electron chi connectivity index (χ0n) is 13.7. The Morgan fingerprint density at radius 2 is 2.00 bits per heavy atom. The van der Waals surface area contributed by atoms with Crippen LogP contribution in [0.4, 0.5) is 5.82 Å². The molecule has 2 unspecified atom stereocenters. The molecule has 2 atom stereocenters. The average molecular weight is 287 g/mol. The van der Waals surface area contributed by atoms with Gasteiger partial charge in [0.15, 0.2) is 0 Å². The first-order valence-corrected chi connectivity index (χ1v) is 8.54. The summed E-state index contributed by atoms with van der Waals surface area (Å²) in [5, 5.41) is 3.50. The molecule has 0 radical (unpaired) electrons. The fourth-order valence-electron chi connectivity index (χ4n) is 3.97. The fourth-order valence-corrected chi connectivity index (χ4v) is 3.97. The largest absolute Gasteiger partial charge is 0.356 e. The van der Waals surface area contributed by atoms with Crippen LogP contribution in [0.5, 0.6) is 0 Å². The van der Waals surface area contributed by atoms with Crippen molar-refractivity contribution >= 4 is 5.82 Å². The summed E-state index contributed by atoms with van der Waals surface area (Å²) in [7, 11) is 0. The SMILES string of the molecule is Cc1cc(CNCC(C)C)cnc1N1CC2CCCC2C1. The van der Waals surface area contributed by atoms with Gasteiger partial charge in [0.25, 0.3) is 0 Å². The fraction of sp³-hybridized carbons (Fsp3) is 0.722. The van der Waals surface area contributed by atoms with E-state index in [1.807, 2.05) is 0 Å². The highest BCUT2D eigenvalue weighted by molar-refractivity contribution is 5.48. The van der Waals surface area contributed by atoms with Crippen LogP contribution in [0.1, 0.15) is 44.2 Å². The summed E-state index contributed by atoms with van der Waals surface area (Å²) in [6.07, 6.45) is 6.36. The molecule has 1 aliphatic carbocycles. The van der Waals surface area contributed by atoms with Crippen LogP contribution in [0.25, 0.3) is 0 Å². The predicted octanol–water partition coefficient (Wildman–Crippen LogP) is 3.37. The predicted molar refractivity (Wildman–Crippen MR) is 88.6 cm³/mol. The lowest BCUT2D eigenvalue weighted by Gasteiger charge is -2.21. The normalized spacial score (nSPS) is 24.9. The molecule has 3 rings (SSSR count). The summed E-state index contributed by atoms with van der Waals surface area (Å²) < 4.78 is 0. The molecule has 2 aliphatic rings. The molecule has 3 heteroatoms. The Balaban J connectivity index is 1.62. The highest BCUT2D eigenvalue weighted by atomic mass is 15.2. The first-order valence-electron chi connectivity index (χ1n) is 8.54. The van der Waals surface area contributed by atoms with E-state index < -0.39 is 0 Å². The zero-order valence-corrected chi connectivity index (χ0v) is 13.7. The smallest absolute Gasteiger partial charge is 0.131 e. The third-order valence-corrected chi connectivity index (χ3v) is 5.01. The minimum atomic E-state index is 0.697. The van der Waals surface area contributed by atoms with Gasteiger partial charge in [-0.25, -0.2) is 4.98 Å². The van der Waals surface area contributed by atoms with E-state index >= 15 is 0 Å². The maximum absolute atomic E-state index is 4.77. The Morgan fingerprint density at radius 3 is 2.62 bits per heavy atom. The van der Waals surface area contributed by atoms with E-state index in [4.69, 9.17) is 4.98 Å². The number of aryl methyl sites for hydroxylation is 1. The summed E-state index contributed by atoms with van der Waals surface area (Å²) in [5.74, 6) is 3.77. The summed E-state index contributed by atoms with van der Waals surface area (Å²) in [6, 6.07) is 2.31. The number of hydrogen-bond donors (Lipinski definition) is 1. The molecular weight excluding hydrogens is 258 g/mol. The Bertz CT molecular complexity index is 471. The number of nitrogens with zero attached hydrogens (tertiary/aromatic N) is 2. The van der Waals surface area contributed by atoms with Gasteiger partial charge in [0.2, 0.25) is 0 Å². The minimum absolute atomic E-state index is 0.697. The minimum Gasteiger partial charge on any atom is -0.356 e. The molecule has 0 spiro atoms. The van der Waals surface area contributed by atoms with Gasteiger partial charge in [-0.2, -0.15) is 0 Å². The molecule has 2 heterocycles. The van der Waals surface area contributed by atoms with Crippen LogP contribution in [0, 0.1) is 24.7 Å². The lowest BCUT2D eigenvalue weighted by molar-refractivity contribution is 0.494. The van der Waals surface area contributed by atoms with Crippen molar-refractivity contribution in [2.24, 2.45) is 17.8 Å². The molecule has 3 nitrogen and oxygen atoms in total. The molecule has 0 bridgehead atoms. The van der Waals surface area contributed by atoms with Gasteiger partial charge in [-0.05, 0) is 61.3 Å². The quantitative estimate of drug-likeness (QED) is 0.900. The highest BCUT2D eigenvalue weighted by Crippen LogP contribution is 2.39. The molecule has 1 N–H and O–H groups in total. The molecule has 0 aromatic carbocycles. The molecule has 1 saturated carbocycles. The summed E-state index contributed by atoms with van der Waals surface area (Å²) >= 11 is 0. The Hall–Kier alpha value is -1.09. The second kappa shape index (κ2) is 6.35. The first kappa shape index (κ1) is 14.8. The number of nitrogens with one attached hydrogen (secondary N) is 1. The van der Waals surface area contributed by atoms with E-state index in [1.54, 1.807) is 0 Å². The average Bonchev–Trinajstić information content (AvgIpc) is 2.99. The molecule has 1 saturated heterocycles. The van der Waals surface area contributed by atoms with Gasteiger partial charge in [-0.1, -0.05) is 20.3 Å². The number of hydrogen-bond acceptors (Lipinski definition) is 3. The number of anilines is 1. The van der Waals surface area contributed by atoms with Crippen LogP contribution in [-0.4, -0.2) is 24.6 Å². The van der Waals surface area contributed by atoms with Crippen LogP contribution in [0.15, 0.2) is 12.3 Å². The lowest BCUT2D eigenvalue weighted by Crippen LogP contribution is -2.23. The summed E-state index contributed by atoms with van der Waals surface area (Å²) in [6.45, 7) is 11.1. The first-order chi connectivity index (χ1) is 10.1. The molecule has 116 valence electrons. The number of aromatic nitrogens is 1. The second-order valence-electron chi connectivity index (χ2n) is 7.36. The Kier molecular flexibility index (Phi) is 4.48. The monoisotopic (exact) mass is 287 g/mol. The van der Waals surface area contributed by atoms with Crippen LogP contribution >= 0.6 is 0 Å². The Morgan fingerprint density at radius 1 is 1.29 bits per heavy atom. The van der Waals surface area contributed by atoms with Crippen molar-refractivity contribution < 1.29 is 0 Å². The molecule has 0 amide bonds. The molecular formula is C18H29N3. The second-order valence-corrected chi connectivity index (χ2v) is 7.36. The summed E-state index contributed by atoms with van der Waals surface area (Å²) in [5.41, 5.74) is 2.63. The van der Waals surface area contributed by atoms with Gasteiger partial charge >= 0.3 is 0 Å². The van der Waals surface area contributed by atoms with E-state index in [2.05, 4.69) is 43.3 Å². The van der Waals surface area contributed by atoms with Gasteiger partial charge in [0.1, 0.15) is 5.82 Å². The molecule has 2 fully saturated rings. The molecule has 21 heavy (non-hydrogen) atoms. The van der Waals surface area contributed by atoms with E-state index in [1.165, 1.54) is 49.3 Å². The third-order valence-electron chi connectivity index (χ3n) is 5.01. The highest BCUT2D eigenvalue weighted by Gasteiger charge is 2.36. The van der Waals surface area contributed by atoms with Crippen LogP contribution in [0.2, 0.25) is 0 Å². The Labute approximate surface area is 129 Å². The van der Waals surface area contributed by atoms with Crippen LogP contribution < -0.4 is 10.2 Å². The molecule has 1 aromatic rings. The van der Waals surface area contributed by atoms with E-state index in [0.29, 0.717) is 5.92 Å². The van der Waals surface area contributed by atoms with Gasteiger partial charge in [0, 0.05) is 25.8 Å². The van der Waals surface area contributed by atoms with Crippen molar-refractivity contribution in [2.75, 3.05) is 24.5 Å². The maximum Gasteiger partial charge on any atom is 0.131 e. The number of rotatable bonds is 5. The van der Waals surface area contributed by atoms with Gasteiger partial charge in [-0.3, -0.25) is 0 Å². The van der Waals surface area contributed by atoms with Crippen molar-refractivity contribution in [3.05, 3.63) is 23.4 Å². The molecule has 1 aromatic heterocycles. The van der Waals surface area contributed by atoms with Crippen molar-refractivity contribution in [3.8, 4) is 0 Å². The number of pyridine rings is 1. The zero-order chi connectivity index (χ0) is 14.8. The standard InChI is InChI=1S/C18H29N3/c1-13(2)8-19-9-15-7-14(3)18(20-10-15)21-11-16-5-4-6-17(16)12-21/h7,10,13,16-17,19H,4-6,8-9,11-12H2,1-3H3. The van der Waals surface area contributed by atoms with Crippen molar-refractivity contribution in [1.82, 2.24) is 10.3 Å². The van der Waals surface area contributed by atoms with Gasteiger partial charge in [-0.15, -0.1) is 0 Å². The third kappa shape index (κ3) is 3.39. The molecule has 1 aliphatic heterocycles. The van der Waals surface area contributed by atoms with E-state index in [-0.39, 0.29) is 0 Å². The number of fused-ring (bicyclic) bond motifs is 1.